The fourth-order valence-corrected chi connectivity index (χ4v) is 2.82. The first kappa shape index (κ1) is 15.8. The van der Waals surface area contributed by atoms with Crippen LogP contribution < -0.4 is 5.32 Å². The van der Waals surface area contributed by atoms with Gasteiger partial charge in [0.2, 0.25) is 5.91 Å². The van der Waals surface area contributed by atoms with Crippen LogP contribution in [0.3, 0.4) is 0 Å². The molecule has 1 unspecified atom stereocenters. The maximum atomic E-state index is 12.0. The summed E-state index contributed by atoms with van der Waals surface area (Å²) < 4.78 is 0. The van der Waals surface area contributed by atoms with Gasteiger partial charge in [0.05, 0.1) is 12.7 Å². The van der Waals surface area contributed by atoms with Crippen molar-refractivity contribution in [3.05, 3.63) is 0 Å². The minimum atomic E-state index is 0.0986. The normalized spacial score (nSPS) is 19.8. The van der Waals surface area contributed by atoms with E-state index in [2.05, 4.69) is 18.5 Å². The molecule has 0 radical (unpaired) electrons. The Bertz CT molecular complexity index is 236. The Hall–Kier alpha value is -0.220. The van der Waals surface area contributed by atoms with Crippen molar-refractivity contribution in [2.45, 2.75) is 57.9 Å². The summed E-state index contributed by atoms with van der Waals surface area (Å²) in [6, 6.07) is 0.0986. The second-order valence-corrected chi connectivity index (χ2v) is 6.05. The van der Waals surface area contributed by atoms with Gasteiger partial charge in [-0.2, -0.15) is 11.8 Å². The molecule has 1 saturated heterocycles. The molecule has 0 spiro atoms. The van der Waals surface area contributed by atoms with Crippen molar-refractivity contribution in [1.82, 2.24) is 10.2 Å². The summed E-state index contributed by atoms with van der Waals surface area (Å²) in [5.74, 6) is 1.59. The van der Waals surface area contributed by atoms with Crippen LogP contribution in [0.5, 0.6) is 0 Å². The van der Waals surface area contributed by atoms with Gasteiger partial charge in [-0.05, 0) is 31.3 Å². The molecule has 0 aromatic heterocycles. The monoisotopic (exact) mass is 272 g/mol. The molecule has 0 saturated carbocycles. The molecule has 18 heavy (non-hydrogen) atoms. The summed E-state index contributed by atoms with van der Waals surface area (Å²) in [6.45, 7) is 3.87. The number of rotatable bonds is 10. The standard InChI is InChI=1S/C14H28N2OS/c1-3-4-9-13-14(17)16(12-15-13)10-7-5-6-8-11-18-2/h13,15H,3-12H2,1-2H3. The number of nitrogens with one attached hydrogen (secondary N) is 1. The highest BCUT2D eigenvalue weighted by Gasteiger charge is 2.29. The molecule has 4 heteroatoms. The molecule has 1 rings (SSSR count). The van der Waals surface area contributed by atoms with E-state index in [1.807, 2.05) is 16.7 Å². The van der Waals surface area contributed by atoms with Crippen LogP contribution in [0.4, 0.5) is 0 Å². The van der Waals surface area contributed by atoms with Gasteiger partial charge >= 0.3 is 0 Å². The second kappa shape index (κ2) is 9.68. The highest BCUT2D eigenvalue weighted by molar-refractivity contribution is 7.98. The van der Waals surface area contributed by atoms with Crippen molar-refractivity contribution in [2.75, 3.05) is 25.2 Å². The van der Waals surface area contributed by atoms with Gasteiger partial charge in [-0.15, -0.1) is 0 Å². The fraction of sp³-hybridized carbons (Fsp3) is 0.929. The van der Waals surface area contributed by atoms with Crippen molar-refractivity contribution in [3.63, 3.8) is 0 Å². The molecule has 1 heterocycles. The minimum Gasteiger partial charge on any atom is -0.329 e. The lowest BCUT2D eigenvalue weighted by atomic mass is 10.1. The SMILES string of the molecule is CCCCC1NCN(CCCCCCSC)C1=O. The molecule has 0 aliphatic carbocycles. The molecule has 0 aromatic carbocycles. The van der Waals surface area contributed by atoms with Crippen molar-refractivity contribution in [3.8, 4) is 0 Å². The third-order valence-corrected chi connectivity index (χ3v) is 4.21. The predicted molar refractivity (Wildman–Crippen MR) is 79.9 cm³/mol. The molecule has 0 aromatic rings. The molecule has 106 valence electrons. The van der Waals surface area contributed by atoms with Gasteiger partial charge < -0.3 is 4.90 Å². The smallest absolute Gasteiger partial charge is 0.240 e. The maximum Gasteiger partial charge on any atom is 0.240 e. The zero-order valence-corrected chi connectivity index (χ0v) is 12.7. The van der Waals surface area contributed by atoms with E-state index in [0.29, 0.717) is 5.91 Å². The van der Waals surface area contributed by atoms with Crippen LogP contribution >= 0.6 is 11.8 Å². The Kier molecular flexibility index (Phi) is 8.51. The Morgan fingerprint density at radius 2 is 2.06 bits per heavy atom. The van der Waals surface area contributed by atoms with Gasteiger partial charge in [-0.25, -0.2) is 0 Å². The summed E-state index contributed by atoms with van der Waals surface area (Å²) in [4.78, 5) is 14.0. The van der Waals surface area contributed by atoms with E-state index >= 15 is 0 Å². The molecule has 1 amide bonds. The first-order valence-corrected chi connectivity index (χ1v) is 8.70. The molecule has 1 atom stereocenters. The minimum absolute atomic E-state index is 0.0986. The molecule has 1 aliphatic rings. The third kappa shape index (κ3) is 5.61. The summed E-state index contributed by atoms with van der Waals surface area (Å²) >= 11 is 1.92. The number of unbranched alkanes of at least 4 members (excludes halogenated alkanes) is 4. The lowest BCUT2D eigenvalue weighted by Gasteiger charge is -2.15. The Morgan fingerprint density at radius 3 is 2.78 bits per heavy atom. The third-order valence-electron chi connectivity index (χ3n) is 3.51. The number of thioether (sulfide) groups is 1. The summed E-state index contributed by atoms with van der Waals surface area (Å²) in [5.41, 5.74) is 0. The first-order chi connectivity index (χ1) is 8.79. The number of amides is 1. The van der Waals surface area contributed by atoms with E-state index in [0.717, 1.165) is 32.5 Å². The number of hydrogen-bond acceptors (Lipinski definition) is 3. The van der Waals surface area contributed by atoms with Crippen LogP contribution in [0.1, 0.15) is 51.9 Å². The zero-order chi connectivity index (χ0) is 13.2. The fourth-order valence-electron chi connectivity index (χ4n) is 2.33. The molecule has 1 fully saturated rings. The highest BCUT2D eigenvalue weighted by Crippen LogP contribution is 2.12. The van der Waals surface area contributed by atoms with Crippen molar-refractivity contribution in [2.24, 2.45) is 0 Å². The first-order valence-electron chi connectivity index (χ1n) is 7.30. The average molecular weight is 272 g/mol. The highest BCUT2D eigenvalue weighted by atomic mass is 32.2. The van der Waals surface area contributed by atoms with E-state index in [9.17, 15) is 4.79 Å². The second-order valence-electron chi connectivity index (χ2n) is 5.07. The maximum absolute atomic E-state index is 12.0. The van der Waals surface area contributed by atoms with Gasteiger partial charge in [0.1, 0.15) is 0 Å². The summed E-state index contributed by atoms with van der Waals surface area (Å²) in [5, 5.41) is 3.33. The topological polar surface area (TPSA) is 32.3 Å². The lowest BCUT2D eigenvalue weighted by molar-refractivity contribution is -0.129. The van der Waals surface area contributed by atoms with E-state index in [4.69, 9.17) is 0 Å². The molecule has 3 nitrogen and oxygen atoms in total. The molecule has 0 bridgehead atoms. The molecule has 1 N–H and O–H groups in total. The van der Waals surface area contributed by atoms with Crippen molar-refractivity contribution < 1.29 is 4.79 Å². The van der Waals surface area contributed by atoms with E-state index in [-0.39, 0.29) is 6.04 Å². The Morgan fingerprint density at radius 1 is 1.28 bits per heavy atom. The van der Waals surface area contributed by atoms with Crippen LogP contribution in [-0.4, -0.2) is 42.1 Å². The predicted octanol–water partition coefficient (Wildman–Crippen LogP) is 2.86. The molecule has 1 aliphatic heterocycles. The van der Waals surface area contributed by atoms with E-state index < -0.39 is 0 Å². The number of nitrogens with zero attached hydrogens (tertiary/aromatic N) is 1. The van der Waals surface area contributed by atoms with Crippen molar-refractivity contribution in [1.29, 1.82) is 0 Å². The Labute approximate surface area is 116 Å². The molecular weight excluding hydrogens is 244 g/mol. The van der Waals surface area contributed by atoms with Crippen LogP contribution in [0.2, 0.25) is 0 Å². The van der Waals surface area contributed by atoms with Crippen LogP contribution in [0.15, 0.2) is 0 Å². The van der Waals surface area contributed by atoms with E-state index in [1.54, 1.807) is 0 Å². The van der Waals surface area contributed by atoms with Crippen LogP contribution in [0, 0.1) is 0 Å². The average Bonchev–Trinajstić information content (AvgIpc) is 2.72. The van der Waals surface area contributed by atoms with Gasteiger partial charge in [0.25, 0.3) is 0 Å². The quantitative estimate of drug-likeness (QED) is 0.621. The zero-order valence-electron chi connectivity index (χ0n) is 11.9. The Balaban J connectivity index is 2.07. The summed E-state index contributed by atoms with van der Waals surface area (Å²) in [6.07, 6.45) is 10.5. The number of carbonyl (C=O) groups excluding carboxylic acids is 1. The largest absolute Gasteiger partial charge is 0.329 e. The van der Waals surface area contributed by atoms with Crippen LogP contribution in [0.25, 0.3) is 0 Å². The van der Waals surface area contributed by atoms with Gasteiger partial charge in [0.15, 0.2) is 0 Å². The van der Waals surface area contributed by atoms with Gasteiger partial charge in [-0.1, -0.05) is 32.6 Å². The van der Waals surface area contributed by atoms with Gasteiger partial charge in [0, 0.05) is 6.54 Å². The van der Waals surface area contributed by atoms with Crippen molar-refractivity contribution >= 4 is 17.7 Å². The van der Waals surface area contributed by atoms with Gasteiger partial charge in [-0.3, -0.25) is 10.1 Å². The number of hydrogen-bond donors (Lipinski definition) is 1. The molecular formula is C14H28N2OS. The summed E-state index contributed by atoms with van der Waals surface area (Å²) in [7, 11) is 0. The lowest BCUT2D eigenvalue weighted by Crippen LogP contribution is -2.31. The number of carbonyl (C=O) groups is 1. The van der Waals surface area contributed by atoms with E-state index in [1.165, 1.54) is 31.4 Å². The van der Waals surface area contributed by atoms with Crippen LogP contribution in [-0.2, 0) is 4.79 Å².